The highest BCUT2D eigenvalue weighted by molar-refractivity contribution is 5.65. The molecule has 1 fully saturated rings. The van der Waals surface area contributed by atoms with Crippen LogP contribution in [-0.2, 0) is 6.42 Å². The molecule has 0 amide bonds. The highest BCUT2D eigenvalue weighted by Gasteiger charge is 2.32. The van der Waals surface area contributed by atoms with Crippen LogP contribution in [0.15, 0.2) is 41.1 Å². The minimum absolute atomic E-state index is 0.0407. The quantitative estimate of drug-likeness (QED) is 0.454. The van der Waals surface area contributed by atoms with Crippen LogP contribution in [0.2, 0.25) is 0 Å². The SMILES string of the molecule is CCc1cc(Nc2cc(C)[nH]n2)nc(N2CCCC2c2cc(-c3cccnc3C#N)no2)n1. The van der Waals surface area contributed by atoms with Crippen LogP contribution < -0.4 is 10.2 Å². The molecule has 33 heavy (non-hydrogen) atoms. The molecule has 166 valence electrons. The summed E-state index contributed by atoms with van der Waals surface area (Å²) >= 11 is 0. The average Bonchev–Trinajstić information content (AvgIpc) is 3.59. The molecule has 5 heterocycles. The Labute approximate surface area is 190 Å². The highest BCUT2D eigenvalue weighted by Crippen LogP contribution is 2.37. The first-order chi connectivity index (χ1) is 16.1. The largest absolute Gasteiger partial charge is 0.359 e. The zero-order valence-corrected chi connectivity index (χ0v) is 18.4. The number of nitrogens with zero attached hydrogens (tertiary/aromatic N) is 7. The van der Waals surface area contributed by atoms with Gasteiger partial charge in [0.05, 0.1) is 6.04 Å². The summed E-state index contributed by atoms with van der Waals surface area (Å²) in [5.41, 5.74) is 3.48. The molecule has 0 aliphatic carbocycles. The Kier molecular flexibility index (Phi) is 5.44. The molecule has 1 aliphatic rings. The summed E-state index contributed by atoms with van der Waals surface area (Å²) < 4.78 is 5.73. The lowest BCUT2D eigenvalue weighted by molar-refractivity contribution is 0.362. The fourth-order valence-corrected chi connectivity index (χ4v) is 4.05. The molecule has 2 N–H and O–H groups in total. The van der Waals surface area contributed by atoms with Crippen molar-refractivity contribution in [1.82, 2.24) is 30.3 Å². The lowest BCUT2D eigenvalue weighted by atomic mass is 10.1. The van der Waals surface area contributed by atoms with E-state index in [4.69, 9.17) is 14.5 Å². The maximum absolute atomic E-state index is 9.36. The average molecular weight is 441 g/mol. The number of rotatable bonds is 6. The molecule has 1 unspecified atom stereocenters. The zero-order chi connectivity index (χ0) is 22.8. The molecule has 1 atom stereocenters. The second kappa shape index (κ2) is 8.70. The number of nitrogens with one attached hydrogen (secondary N) is 2. The van der Waals surface area contributed by atoms with Crippen molar-refractivity contribution in [3.63, 3.8) is 0 Å². The van der Waals surface area contributed by atoms with E-state index in [1.807, 2.05) is 31.2 Å². The van der Waals surface area contributed by atoms with Crippen molar-refractivity contribution >= 4 is 17.6 Å². The Morgan fingerprint density at radius 2 is 2.18 bits per heavy atom. The van der Waals surface area contributed by atoms with Gasteiger partial charge >= 0.3 is 0 Å². The molecule has 4 aromatic heterocycles. The summed E-state index contributed by atoms with van der Waals surface area (Å²) in [5, 5.41) is 24.0. The van der Waals surface area contributed by atoms with Crippen LogP contribution in [0, 0.1) is 18.3 Å². The van der Waals surface area contributed by atoms with Crippen LogP contribution in [0.5, 0.6) is 0 Å². The minimum atomic E-state index is -0.0407. The number of nitriles is 1. The normalized spacial score (nSPS) is 15.5. The van der Waals surface area contributed by atoms with Crippen molar-refractivity contribution in [1.29, 1.82) is 5.26 Å². The van der Waals surface area contributed by atoms with E-state index in [1.54, 1.807) is 12.3 Å². The first kappa shape index (κ1) is 20.6. The van der Waals surface area contributed by atoms with Gasteiger partial charge < -0.3 is 14.7 Å². The number of pyridine rings is 1. The van der Waals surface area contributed by atoms with Gasteiger partial charge in [0, 0.05) is 47.9 Å². The minimum Gasteiger partial charge on any atom is -0.359 e. The number of aromatic nitrogens is 6. The fourth-order valence-electron chi connectivity index (χ4n) is 4.05. The molecular weight excluding hydrogens is 418 g/mol. The highest BCUT2D eigenvalue weighted by atomic mass is 16.5. The van der Waals surface area contributed by atoms with E-state index in [0.717, 1.165) is 43.0 Å². The molecule has 0 spiro atoms. The molecule has 0 saturated carbocycles. The zero-order valence-electron chi connectivity index (χ0n) is 18.4. The molecule has 0 aromatic carbocycles. The molecule has 4 aromatic rings. The first-order valence-corrected chi connectivity index (χ1v) is 10.9. The van der Waals surface area contributed by atoms with Crippen molar-refractivity contribution in [2.24, 2.45) is 0 Å². The van der Waals surface area contributed by atoms with Gasteiger partial charge in [0.2, 0.25) is 5.95 Å². The van der Waals surface area contributed by atoms with E-state index in [2.05, 4.69) is 43.5 Å². The van der Waals surface area contributed by atoms with Gasteiger partial charge in [0.1, 0.15) is 23.3 Å². The number of anilines is 3. The Bertz CT molecular complexity index is 1320. The summed E-state index contributed by atoms with van der Waals surface area (Å²) in [6.45, 7) is 4.83. The third-order valence-electron chi connectivity index (χ3n) is 5.65. The molecule has 5 rings (SSSR count). The smallest absolute Gasteiger partial charge is 0.228 e. The number of aryl methyl sites for hydroxylation is 2. The maximum Gasteiger partial charge on any atom is 0.228 e. The van der Waals surface area contributed by atoms with Crippen LogP contribution >= 0.6 is 0 Å². The van der Waals surface area contributed by atoms with Crippen molar-refractivity contribution in [3.8, 4) is 17.3 Å². The third kappa shape index (κ3) is 4.13. The standard InChI is InChI=1S/C23H23N9O/c1-3-15-11-21(27-22-10-14(2)29-30-22)28-23(26-15)32-9-5-7-19(32)20-12-17(31-33-20)16-6-4-8-25-18(16)13-24/h4,6,8,10-12,19H,3,5,7,9H2,1-2H3,(H2,26,27,28,29,30). The number of aromatic amines is 1. The summed E-state index contributed by atoms with van der Waals surface area (Å²) in [6, 6.07) is 11.4. The number of hydrogen-bond donors (Lipinski definition) is 2. The van der Waals surface area contributed by atoms with Crippen molar-refractivity contribution in [3.05, 3.63) is 59.4 Å². The number of H-pyrrole nitrogens is 1. The van der Waals surface area contributed by atoms with Crippen molar-refractivity contribution < 1.29 is 4.52 Å². The molecule has 1 saturated heterocycles. The van der Waals surface area contributed by atoms with Crippen LogP contribution in [-0.4, -0.2) is 36.9 Å². The van der Waals surface area contributed by atoms with Gasteiger partial charge in [0.25, 0.3) is 0 Å². The molecule has 0 bridgehead atoms. The van der Waals surface area contributed by atoms with E-state index in [0.29, 0.717) is 34.5 Å². The van der Waals surface area contributed by atoms with Gasteiger partial charge in [-0.2, -0.15) is 15.3 Å². The monoisotopic (exact) mass is 441 g/mol. The van der Waals surface area contributed by atoms with Gasteiger partial charge in [-0.1, -0.05) is 12.1 Å². The summed E-state index contributed by atoms with van der Waals surface area (Å²) in [4.78, 5) is 15.8. The summed E-state index contributed by atoms with van der Waals surface area (Å²) in [5.74, 6) is 2.77. The van der Waals surface area contributed by atoms with Crippen LogP contribution in [0.1, 0.15) is 48.6 Å². The fraction of sp³-hybridized carbons (Fsp3) is 0.304. The Morgan fingerprint density at radius 1 is 1.27 bits per heavy atom. The van der Waals surface area contributed by atoms with Gasteiger partial charge in [-0.15, -0.1) is 0 Å². The third-order valence-corrected chi connectivity index (χ3v) is 5.65. The van der Waals surface area contributed by atoms with E-state index < -0.39 is 0 Å². The van der Waals surface area contributed by atoms with E-state index in [9.17, 15) is 5.26 Å². The van der Waals surface area contributed by atoms with Crippen LogP contribution in [0.25, 0.3) is 11.3 Å². The molecule has 10 heteroatoms. The number of hydrogen-bond acceptors (Lipinski definition) is 9. The summed E-state index contributed by atoms with van der Waals surface area (Å²) in [6.07, 6.45) is 4.26. The Balaban J connectivity index is 1.45. The molecular formula is C23H23N9O. The van der Waals surface area contributed by atoms with Crippen LogP contribution in [0.4, 0.5) is 17.6 Å². The van der Waals surface area contributed by atoms with Crippen LogP contribution in [0.3, 0.4) is 0 Å². The lowest BCUT2D eigenvalue weighted by Gasteiger charge is -2.23. The van der Waals surface area contributed by atoms with Crippen molar-refractivity contribution in [2.45, 2.75) is 39.2 Å². The van der Waals surface area contributed by atoms with Gasteiger partial charge in [-0.05, 0) is 38.3 Å². The second-order valence-electron chi connectivity index (χ2n) is 7.94. The van der Waals surface area contributed by atoms with E-state index >= 15 is 0 Å². The summed E-state index contributed by atoms with van der Waals surface area (Å²) in [7, 11) is 0. The van der Waals surface area contributed by atoms with E-state index in [-0.39, 0.29) is 6.04 Å². The Morgan fingerprint density at radius 3 is 2.97 bits per heavy atom. The molecule has 1 aliphatic heterocycles. The topological polar surface area (TPSA) is 132 Å². The van der Waals surface area contributed by atoms with Gasteiger partial charge in [-0.3, -0.25) is 5.10 Å². The first-order valence-electron chi connectivity index (χ1n) is 10.9. The lowest BCUT2D eigenvalue weighted by Crippen LogP contribution is -2.25. The van der Waals surface area contributed by atoms with Gasteiger partial charge in [0.15, 0.2) is 11.6 Å². The Hall–Kier alpha value is -4.26. The predicted molar refractivity (Wildman–Crippen MR) is 122 cm³/mol. The molecule has 0 radical (unpaired) electrons. The van der Waals surface area contributed by atoms with Gasteiger partial charge in [-0.25, -0.2) is 9.97 Å². The second-order valence-corrected chi connectivity index (χ2v) is 7.94. The maximum atomic E-state index is 9.36. The van der Waals surface area contributed by atoms with E-state index in [1.165, 1.54) is 0 Å². The predicted octanol–water partition coefficient (Wildman–Crippen LogP) is 4.08. The molecule has 10 nitrogen and oxygen atoms in total. The van der Waals surface area contributed by atoms with Crippen molar-refractivity contribution in [2.75, 3.05) is 16.8 Å².